The van der Waals surface area contributed by atoms with Gasteiger partial charge in [-0.3, -0.25) is 0 Å². The van der Waals surface area contributed by atoms with E-state index in [1.54, 1.807) is 0 Å². The van der Waals surface area contributed by atoms with Crippen molar-refractivity contribution in [1.29, 1.82) is 0 Å². The lowest BCUT2D eigenvalue weighted by atomic mass is 9.82. The van der Waals surface area contributed by atoms with Crippen molar-refractivity contribution in [2.24, 2.45) is 0 Å². The van der Waals surface area contributed by atoms with E-state index in [-0.39, 0.29) is 11.5 Å². The smallest absolute Gasteiger partial charge is 0.0560 e. The molecule has 0 amide bonds. The third-order valence-electron chi connectivity index (χ3n) is 10.3. The first-order valence-electron chi connectivity index (χ1n) is 16.6. The highest BCUT2D eigenvalue weighted by Crippen LogP contribution is 2.50. The first-order chi connectivity index (χ1) is 23.1. The zero-order chi connectivity index (χ0) is 31.5. The molecule has 6 aromatic carbocycles. The van der Waals surface area contributed by atoms with E-state index >= 15 is 0 Å². The van der Waals surface area contributed by atoms with Crippen molar-refractivity contribution in [2.45, 2.75) is 31.7 Å². The number of allylic oxidation sites excluding steroid dienone is 2. The number of rotatable bonds is 5. The quantitative estimate of drug-likeness (QED) is 0.190. The van der Waals surface area contributed by atoms with Crippen LogP contribution < -0.4 is 4.90 Å². The van der Waals surface area contributed by atoms with Crippen LogP contribution in [0.1, 0.15) is 37.0 Å². The molecule has 2 aliphatic rings. The number of hydrogen-bond acceptors (Lipinski definition) is 1. The van der Waals surface area contributed by atoms with Gasteiger partial charge in [0.15, 0.2) is 0 Å². The average molecular weight is 605 g/mol. The van der Waals surface area contributed by atoms with E-state index in [1.807, 2.05) is 0 Å². The van der Waals surface area contributed by atoms with Crippen molar-refractivity contribution < 1.29 is 0 Å². The lowest BCUT2D eigenvalue weighted by Gasteiger charge is -2.34. The summed E-state index contributed by atoms with van der Waals surface area (Å²) in [5.74, 6) is 0. The average Bonchev–Trinajstić information content (AvgIpc) is 3.58. The van der Waals surface area contributed by atoms with Crippen molar-refractivity contribution in [3.05, 3.63) is 181 Å². The molecule has 0 aliphatic heterocycles. The van der Waals surface area contributed by atoms with Gasteiger partial charge in [-0.15, -0.1) is 0 Å². The second kappa shape index (κ2) is 10.7. The monoisotopic (exact) mass is 604 g/mol. The third-order valence-corrected chi connectivity index (χ3v) is 10.3. The Balaban J connectivity index is 1.08. The Morgan fingerprint density at radius 2 is 1.30 bits per heavy atom. The first kappa shape index (κ1) is 27.7. The van der Waals surface area contributed by atoms with Crippen molar-refractivity contribution in [3.8, 4) is 16.8 Å². The maximum Gasteiger partial charge on any atom is 0.0560 e. The summed E-state index contributed by atoms with van der Waals surface area (Å²) in [7, 11) is 0. The summed E-state index contributed by atoms with van der Waals surface area (Å²) in [5.41, 5.74) is 14.1. The molecule has 0 spiro atoms. The molecular weight excluding hydrogens is 569 g/mol. The molecule has 0 fully saturated rings. The number of nitrogens with zero attached hydrogens (tertiary/aromatic N) is 2. The predicted octanol–water partition coefficient (Wildman–Crippen LogP) is 11.6. The minimum atomic E-state index is -0.0396. The van der Waals surface area contributed by atoms with Crippen LogP contribution in [0.4, 0.5) is 11.4 Å². The Morgan fingerprint density at radius 3 is 2.11 bits per heavy atom. The van der Waals surface area contributed by atoms with Gasteiger partial charge < -0.3 is 9.47 Å². The van der Waals surface area contributed by atoms with Crippen LogP contribution in [0.25, 0.3) is 44.2 Å². The van der Waals surface area contributed by atoms with E-state index < -0.39 is 0 Å². The minimum Gasteiger partial charge on any atom is -0.334 e. The summed E-state index contributed by atoms with van der Waals surface area (Å²) in [5, 5.41) is 2.56. The highest BCUT2D eigenvalue weighted by atomic mass is 15.2. The number of benzene rings is 6. The summed E-state index contributed by atoms with van der Waals surface area (Å²) in [6, 6.07) is 53.4. The van der Waals surface area contributed by atoms with E-state index in [4.69, 9.17) is 0 Å². The van der Waals surface area contributed by atoms with Gasteiger partial charge in [0.1, 0.15) is 0 Å². The molecule has 2 aliphatic carbocycles. The molecule has 0 radical (unpaired) electrons. The summed E-state index contributed by atoms with van der Waals surface area (Å²) in [4.78, 5) is 2.51. The Morgan fingerprint density at radius 1 is 0.596 bits per heavy atom. The summed E-state index contributed by atoms with van der Waals surface area (Å²) < 4.78 is 2.38. The number of para-hydroxylation sites is 3. The normalized spacial score (nSPS) is 16.2. The molecule has 0 saturated carbocycles. The van der Waals surface area contributed by atoms with Crippen LogP contribution in [-0.4, -0.2) is 10.6 Å². The van der Waals surface area contributed by atoms with Crippen LogP contribution in [0.2, 0.25) is 0 Å². The Hall–Kier alpha value is -5.60. The molecule has 47 heavy (non-hydrogen) atoms. The molecule has 0 N–H and O–H groups in total. The van der Waals surface area contributed by atoms with Crippen LogP contribution >= 0.6 is 0 Å². The first-order valence-corrected chi connectivity index (χ1v) is 16.6. The van der Waals surface area contributed by atoms with Crippen LogP contribution in [-0.2, 0) is 5.41 Å². The van der Waals surface area contributed by atoms with Crippen molar-refractivity contribution in [1.82, 2.24) is 4.57 Å². The topological polar surface area (TPSA) is 8.17 Å². The lowest BCUT2D eigenvalue weighted by molar-refractivity contribution is 0.659. The van der Waals surface area contributed by atoms with Crippen LogP contribution in [0.5, 0.6) is 0 Å². The SMILES string of the molecule is CC1(C)c2ccccc2-c2ccc(N(c3ccccc3)C3C=CC(c4ccc5c(c4)c4ccccc4n5-c4ccccc4)=CC3)cc21. The predicted molar refractivity (Wildman–Crippen MR) is 199 cm³/mol. The van der Waals surface area contributed by atoms with Gasteiger partial charge in [-0.2, -0.15) is 0 Å². The second-order valence-electron chi connectivity index (χ2n) is 13.3. The molecule has 2 heteroatoms. The third kappa shape index (κ3) is 4.40. The van der Waals surface area contributed by atoms with Crippen molar-refractivity contribution in [2.75, 3.05) is 4.90 Å². The Bertz CT molecular complexity index is 2360. The number of hydrogen-bond donors (Lipinski definition) is 0. The lowest BCUT2D eigenvalue weighted by Crippen LogP contribution is -2.30. The summed E-state index contributed by atoms with van der Waals surface area (Å²) in [6.07, 6.45) is 8.07. The standard InChI is InChI=1S/C45H36N2/c1-45(2)41-19-11-9-17-37(41)38-27-26-36(30-42(38)45)46(33-13-5-3-6-14-33)35-24-21-31(22-25-35)32-23-28-44-40(29-32)39-18-10-12-20-43(39)47(44)34-15-7-4-8-16-34/h3-24,26-30,35H,25H2,1-2H3. The number of anilines is 2. The van der Waals surface area contributed by atoms with Crippen molar-refractivity contribution in [3.63, 3.8) is 0 Å². The molecule has 1 heterocycles. The largest absolute Gasteiger partial charge is 0.334 e. The molecule has 1 atom stereocenters. The van der Waals surface area contributed by atoms with Crippen LogP contribution in [0, 0.1) is 0 Å². The van der Waals surface area contributed by atoms with Gasteiger partial charge in [-0.25, -0.2) is 0 Å². The molecule has 2 nitrogen and oxygen atoms in total. The van der Waals surface area contributed by atoms with Gasteiger partial charge in [0.2, 0.25) is 0 Å². The van der Waals surface area contributed by atoms with Crippen molar-refractivity contribution >= 4 is 38.8 Å². The minimum absolute atomic E-state index is 0.0396. The van der Waals surface area contributed by atoms with Gasteiger partial charge in [0, 0.05) is 33.2 Å². The van der Waals surface area contributed by atoms with Gasteiger partial charge in [-0.05, 0) is 94.4 Å². The summed E-state index contributed by atoms with van der Waals surface area (Å²) >= 11 is 0. The van der Waals surface area contributed by atoms with Crippen LogP contribution in [0.15, 0.2) is 164 Å². The molecule has 1 aromatic heterocycles. The Kier molecular flexibility index (Phi) is 6.33. The highest BCUT2D eigenvalue weighted by molar-refractivity contribution is 6.10. The van der Waals surface area contributed by atoms with E-state index in [9.17, 15) is 0 Å². The molecule has 226 valence electrons. The van der Waals surface area contributed by atoms with E-state index in [2.05, 4.69) is 187 Å². The van der Waals surface area contributed by atoms with Gasteiger partial charge in [0.25, 0.3) is 0 Å². The molecule has 1 unspecified atom stereocenters. The fraction of sp³-hybridized carbons (Fsp3) is 0.111. The molecule has 0 bridgehead atoms. The highest BCUT2D eigenvalue weighted by Gasteiger charge is 2.36. The molecule has 9 rings (SSSR count). The summed E-state index contributed by atoms with van der Waals surface area (Å²) in [6.45, 7) is 4.72. The van der Waals surface area contributed by atoms with Crippen LogP contribution in [0.3, 0.4) is 0 Å². The van der Waals surface area contributed by atoms with E-state index in [0.29, 0.717) is 0 Å². The fourth-order valence-corrected chi connectivity index (χ4v) is 7.99. The number of fused-ring (bicyclic) bond motifs is 6. The maximum atomic E-state index is 2.51. The van der Waals surface area contributed by atoms with E-state index in [1.165, 1.54) is 72.3 Å². The van der Waals surface area contributed by atoms with Gasteiger partial charge >= 0.3 is 0 Å². The van der Waals surface area contributed by atoms with Gasteiger partial charge in [0.05, 0.1) is 17.1 Å². The van der Waals surface area contributed by atoms with Gasteiger partial charge in [-0.1, -0.05) is 123 Å². The van der Waals surface area contributed by atoms with E-state index in [0.717, 1.165) is 6.42 Å². The molecular formula is C45H36N2. The fourth-order valence-electron chi connectivity index (χ4n) is 7.99. The zero-order valence-corrected chi connectivity index (χ0v) is 26.8. The zero-order valence-electron chi connectivity index (χ0n) is 26.8. The number of aromatic nitrogens is 1. The molecule has 7 aromatic rings. The maximum absolute atomic E-state index is 2.51. The Labute approximate surface area is 276 Å². The second-order valence-corrected chi connectivity index (χ2v) is 13.3. The molecule has 0 saturated heterocycles.